The number of phosphoric acid groups is 1. The van der Waals surface area contributed by atoms with Gasteiger partial charge < -0.3 is 19.6 Å². The fourth-order valence-electron chi connectivity index (χ4n) is 0. The van der Waals surface area contributed by atoms with Gasteiger partial charge in [0.05, 0.1) is 0 Å². The van der Waals surface area contributed by atoms with Gasteiger partial charge in [0.15, 0.2) is 0 Å². The van der Waals surface area contributed by atoms with Gasteiger partial charge in [-0.25, -0.2) is 4.57 Å². The minimum atomic E-state index is -4.64. The number of amides is 1. The molecular weight excluding hydrogens is 173 g/mol. The first kappa shape index (κ1) is 13.2. The van der Waals surface area contributed by atoms with Crippen molar-refractivity contribution in [1.82, 2.24) is 4.90 Å². The summed E-state index contributed by atoms with van der Waals surface area (Å²) in [6, 6.07) is 0. The van der Waals surface area contributed by atoms with Gasteiger partial charge in [-0.2, -0.15) is 0 Å². The topological polar surface area (TPSA) is 98.1 Å². The zero-order valence-electron chi connectivity index (χ0n) is 6.55. The number of carbonyl (C=O) groups excluding carboxylic acids is 1. The van der Waals surface area contributed by atoms with Gasteiger partial charge in [-0.15, -0.1) is 0 Å². The van der Waals surface area contributed by atoms with Crippen LogP contribution in [0.5, 0.6) is 0 Å². The van der Waals surface area contributed by atoms with Gasteiger partial charge >= 0.3 is 7.82 Å². The Morgan fingerprint density at radius 2 is 1.36 bits per heavy atom. The molecule has 0 unspecified atom stereocenters. The van der Waals surface area contributed by atoms with Crippen molar-refractivity contribution in [3.63, 3.8) is 0 Å². The van der Waals surface area contributed by atoms with Crippen LogP contribution in [-0.2, 0) is 9.36 Å². The molecule has 68 valence electrons. The van der Waals surface area contributed by atoms with Crippen molar-refractivity contribution in [2.45, 2.75) is 6.92 Å². The molecule has 0 aromatic rings. The highest BCUT2D eigenvalue weighted by atomic mass is 31.2. The summed E-state index contributed by atoms with van der Waals surface area (Å²) in [5.74, 6) is 0.0926. The van der Waals surface area contributed by atoms with E-state index < -0.39 is 7.82 Å². The van der Waals surface area contributed by atoms with Crippen LogP contribution in [0.25, 0.3) is 0 Å². The Kier molecular flexibility index (Phi) is 6.31. The average Bonchev–Trinajstić information content (AvgIpc) is 1.59. The van der Waals surface area contributed by atoms with Crippen LogP contribution in [0, 0.1) is 0 Å². The Morgan fingerprint density at radius 3 is 1.36 bits per heavy atom. The van der Waals surface area contributed by atoms with Crippen LogP contribution < -0.4 is 0 Å². The second kappa shape index (κ2) is 5.26. The van der Waals surface area contributed by atoms with Crippen molar-refractivity contribution < 1.29 is 24.0 Å². The highest BCUT2D eigenvalue weighted by Crippen LogP contribution is 2.25. The summed E-state index contributed by atoms with van der Waals surface area (Å²) in [5, 5.41) is 0. The lowest BCUT2D eigenvalue weighted by atomic mass is 10.7. The molecule has 0 aromatic carbocycles. The van der Waals surface area contributed by atoms with Crippen molar-refractivity contribution in [3.05, 3.63) is 0 Å². The SMILES string of the molecule is CC(=O)N(C)C.O=P(O)(O)O. The number of hydrogen-bond donors (Lipinski definition) is 3. The molecule has 0 aliphatic carbocycles. The summed E-state index contributed by atoms with van der Waals surface area (Å²) in [6.07, 6.45) is 0. The largest absolute Gasteiger partial charge is 0.466 e. The summed E-state index contributed by atoms with van der Waals surface area (Å²) in [6.45, 7) is 1.53. The molecule has 0 fully saturated rings. The Labute approximate surface area is 64.7 Å². The molecule has 0 aromatic heterocycles. The Hall–Kier alpha value is -0.420. The molecule has 0 rings (SSSR count). The highest BCUT2D eigenvalue weighted by Gasteiger charge is 2.00. The lowest BCUT2D eigenvalue weighted by Crippen LogP contribution is -2.17. The smallest absolute Gasteiger partial charge is 0.349 e. The first-order valence-corrected chi connectivity index (χ1v) is 4.17. The van der Waals surface area contributed by atoms with Gasteiger partial charge in [0.1, 0.15) is 0 Å². The van der Waals surface area contributed by atoms with E-state index in [9.17, 15) is 4.79 Å². The average molecular weight is 185 g/mol. The summed E-state index contributed by atoms with van der Waals surface area (Å²) < 4.78 is 8.88. The fourth-order valence-corrected chi connectivity index (χ4v) is 0. The molecular formula is C4H12NO5P. The third-order valence-electron chi connectivity index (χ3n) is 0.630. The number of rotatable bonds is 0. The van der Waals surface area contributed by atoms with E-state index in [2.05, 4.69) is 0 Å². The van der Waals surface area contributed by atoms with Gasteiger partial charge in [-0.05, 0) is 0 Å². The van der Waals surface area contributed by atoms with Crippen molar-refractivity contribution >= 4 is 13.7 Å². The van der Waals surface area contributed by atoms with Crippen LogP contribution in [0.1, 0.15) is 6.92 Å². The molecule has 11 heavy (non-hydrogen) atoms. The van der Waals surface area contributed by atoms with Crippen molar-refractivity contribution in [2.24, 2.45) is 0 Å². The molecule has 0 aliphatic rings. The summed E-state index contributed by atoms with van der Waals surface area (Å²) in [7, 11) is -1.19. The van der Waals surface area contributed by atoms with E-state index in [1.54, 1.807) is 14.1 Å². The Bertz CT molecular complexity index is 154. The van der Waals surface area contributed by atoms with Gasteiger partial charge in [-0.1, -0.05) is 0 Å². The first-order valence-electron chi connectivity index (χ1n) is 2.60. The highest BCUT2D eigenvalue weighted by molar-refractivity contribution is 7.45. The second-order valence-corrected chi connectivity index (χ2v) is 2.95. The van der Waals surface area contributed by atoms with Gasteiger partial charge in [0.25, 0.3) is 0 Å². The predicted octanol–water partition coefficient (Wildman–Crippen LogP) is -0.834. The van der Waals surface area contributed by atoms with Crippen LogP contribution in [0.4, 0.5) is 0 Å². The molecule has 0 bridgehead atoms. The quantitative estimate of drug-likeness (QED) is 0.427. The molecule has 0 aliphatic heterocycles. The third kappa shape index (κ3) is 42.9. The normalized spacial score (nSPS) is 9.64. The molecule has 0 heterocycles. The van der Waals surface area contributed by atoms with Crippen molar-refractivity contribution in [3.8, 4) is 0 Å². The van der Waals surface area contributed by atoms with Gasteiger partial charge in [-0.3, -0.25) is 4.79 Å². The number of hydrogen-bond acceptors (Lipinski definition) is 2. The molecule has 0 saturated carbocycles. The lowest BCUT2D eigenvalue weighted by Gasteiger charge is -2.02. The number of carbonyl (C=O) groups is 1. The fraction of sp³-hybridized carbons (Fsp3) is 0.750. The molecule has 0 atom stereocenters. The Morgan fingerprint density at radius 1 is 1.27 bits per heavy atom. The molecule has 3 N–H and O–H groups in total. The zero-order valence-corrected chi connectivity index (χ0v) is 7.45. The van der Waals surface area contributed by atoms with Crippen LogP contribution in [0.15, 0.2) is 0 Å². The zero-order chi connectivity index (χ0) is 9.65. The Balaban J connectivity index is 0. The molecule has 7 heteroatoms. The maximum Gasteiger partial charge on any atom is 0.466 e. The predicted molar refractivity (Wildman–Crippen MR) is 38.6 cm³/mol. The van der Waals surface area contributed by atoms with Crippen LogP contribution >= 0.6 is 7.82 Å². The van der Waals surface area contributed by atoms with E-state index in [-0.39, 0.29) is 5.91 Å². The number of nitrogens with zero attached hydrogens (tertiary/aromatic N) is 1. The van der Waals surface area contributed by atoms with E-state index >= 15 is 0 Å². The molecule has 0 saturated heterocycles. The lowest BCUT2D eigenvalue weighted by molar-refractivity contribution is -0.126. The van der Waals surface area contributed by atoms with Crippen LogP contribution in [-0.4, -0.2) is 39.6 Å². The molecule has 0 spiro atoms. The van der Waals surface area contributed by atoms with E-state index in [1.807, 2.05) is 0 Å². The first-order chi connectivity index (χ1) is 4.64. The third-order valence-corrected chi connectivity index (χ3v) is 0.630. The summed E-state index contributed by atoms with van der Waals surface area (Å²) >= 11 is 0. The minimum Gasteiger partial charge on any atom is -0.349 e. The van der Waals surface area contributed by atoms with Gasteiger partial charge in [0.2, 0.25) is 5.91 Å². The van der Waals surface area contributed by atoms with Crippen molar-refractivity contribution in [2.75, 3.05) is 14.1 Å². The second-order valence-electron chi connectivity index (χ2n) is 1.93. The van der Waals surface area contributed by atoms with Crippen LogP contribution in [0.2, 0.25) is 0 Å². The van der Waals surface area contributed by atoms with Crippen LogP contribution in [0.3, 0.4) is 0 Å². The minimum absolute atomic E-state index is 0.0926. The van der Waals surface area contributed by atoms with E-state index in [0.717, 1.165) is 0 Å². The van der Waals surface area contributed by atoms with E-state index in [4.69, 9.17) is 19.2 Å². The molecule has 6 nitrogen and oxygen atoms in total. The van der Waals surface area contributed by atoms with E-state index in [1.165, 1.54) is 11.8 Å². The summed E-state index contributed by atoms with van der Waals surface area (Å²) in [5.41, 5.74) is 0. The maximum atomic E-state index is 10.1. The standard InChI is InChI=1S/C4H9NO.H3O4P/c1-4(6)5(2)3;1-5(2,3)4/h1-3H3;(H3,1,2,3,4). The monoisotopic (exact) mass is 185 g/mol. The van der Waals surface area contributed by atoms with Gasteiger partial charge in [0, 0.05) is 21.0 Å². The van der Waals surface area contributed by atoms with E-state index in [0.29, 0.717) is 0 Å². The van der Waals surface area contributed by atoms with Crippen molar-refractivity contribution in [1.29, 1.82) is 0 Å². The molecule has 1 amide bonds. The maximum absolute atomic E-state index is 10.1. The summed E-state index contributed by atoms with van der Waals surface area (Å²) in [4.78, 5) is 33.2. The molecule has 0 radical (unpaired) electrons.